The van der Waals surface area contributed by atoms with Gasteiger partial charge in [-0.1, -0.05) is 49.4 Å². The molecule has 0 unspecified atom stereocenters. The van der Waals surface area contributed by atoms with Crippen LogP contribution in [0.4, 0.5) is 13.2 Å². The first kappa shape index (κ1) is 25.6. The van der Waals surface area contributed by atoms with Crippen LogP contribution in [0, 0.1) is 0 Å². The second-order valence-electron chi connectivity index (χ2n) is 7.69. The number of hydrogen-bond acceptors (Lipinski definition) is 4. The highest BCUT2D eigenvalue weighted by Crippen LogP contribution is 2.33. The molecule has 0 fully saturated rings. The van der Waals surface area contributed by atoms with E-state index in [9.17, 15) is 18.0 Å². The van der Waals surface area contributed by atoms with Crippen molar-refractivity contribution in [1.82, 2.24) is 14.7 Å². The Bertz CT molecular complexity index is 1060. The zero-order chi connectivity index (χ0) is 22.8. The second-order valence-corrected chi connectivity index (χ2v) is 8.10. The van der Waals surface area contributed by atoms with Gasteiger partial charge in [-0.15, -0.1) is 0 Å². The van der Waals surface area contributed by atoms with Crippen molar-refractivity contribution in [2.45, 2.75) is 45.6 Å². The summed E-state index contributed by atoms with van der Waals surface area (Å²) in [4.78, 5) is 16.7. The van der Waals surface area contributed by atoms with Gasteiger partial charge in [0.15, 0.2) is 0 Å². The molecule has 2 aromatic heterocycles. The third-order valence-corrected chi connectivity index (χ3v) is 4.85. The molecule has 32 heavy (non-hydrogen) atoms. The Morgan fingerprint density at radius 3 is 2.53 bits per heavy atom. The lowest BCUT2D eigenvalue weighted by molar-refractivity contribution is -0.138. The molecule has 10 heteroatoms. The van der Waals surface area contributed by atoms with Gasteiger partial charge in [0.05, 0.1) is 41.1 Å². The molecular weight excluding hydrogens is 445 g/mol. The first-order chi connectivity index (χ1) is 14.5. The molecule has 0 saturated carbocycles. The number of nitrogens with one attached hydrogen (secondary N) is 1. The van der Waals surface area contributed by atoms with Crippen molar-refractivity contribution >= 4 is 23.0 Å². The number of hydrogen-bond donors (Lipinski definition) is 2. The zero-order valence-electron chi connectivity index (χ0n) is 16.9. The summed E-state index contributed by atoms with van der Waals surface area (Å²) in [6, 6.07) is 9.31. The number of nitrogens with zero attached hydrogens (tertiary/aromatic N) is 2. The third kappa shape index (κ3) is 5.99. The largest absolute Gasteiger partial charge is 0.417 e. The smallest absolute Gasteiger partial charge is 0.374 e. The number of imidazole rings is 1. The van der Waals surface area contributed by atoms with E-state index in [0.29, 0.717) is 0 Å². The summed E-state index contributed by atoms with van der Waals surface area (Å²) in [6.07, 6.45) is -2.35. The normalized spacial score (nSPS) is 13.0. The van der Waals surface area contributed by atoms with E-state index in [4.69, 9.17) is 22.1 Å². The minimum Gasteiger partial charge on any atom is -0.374 e. The van der Waals surface area contributed by atoms with Gasteiger partial charge >= 0.3 is 6.18 Å². The van der Waals surface area contributed by atoms with Crippen LogP contribution >= 0.6 is 11.6 Å². The van der Waals surface area contributed by atoms with Gasteiger partial charge in [-0.25, -0.2) is 4.98 Å². The number of ether oxygens (including phenoxy) is 1. The fourth-order valence-electron chi connectivity index (χ4n) is 2.88. The van der Waals surface area contributed by atoms with Crippen LogP contribution in [0.1, 0.15) is 44.3 Å². The van der Waals surface area contributed by atoms with Gasteiger partial charge in [-0.2, -0.15) is 13.2 Å². The van der Waals surface area contributed by atoms with Crippen molar-refractivity contribution in [2.24, 2.45) is 5.73 Å². The maximum Gasteiger partial charge on any atom is 0.417 e. The van der Waals surface area contributed by atoms with Crippen molar-refractivity contribution in [3.05, 3.63) is 70.8 Å². The van der Waals surface area contributed by atoms with E-state index in [-0.39, 0.29) is 37.0 Å². The molecule has 0 aliphatic rings. The molecule has 1 atom stereocenters. The van der Waals surface area contributed by atoms with Gasteiger partial charge in [0.1, 0.15) is 11.9 Å². The molecule has 1 aromatic carbocycles. The second kappa shape index (κ2) is 9.89. The van der Waals surface area contributed by atoms with E-state index < -0.39 is 29.2 Å². The summed E-state index contributed by atoms with van der Waals surface area (Å²) in [5.74, 6) is -0.357. The Balaban J connectivity index is 0.00000363. The number of carbonyl (C=O) groups excluding carboxylic acids is 1. The number of carbonyl (C=O) groups is 1. The molecule has 0 aliphatic carbocycles. The molecule has 1 amide bonds. The molecule has 174 valence electrons. The van der Waals surface area contributed by atoms with Crippen molar-refractivity contribution in [3.63, 3.8) is 0 Å². The van der Waals surface area contributed by atoms with Crippen LogP contribution in [-0.4, -0.2) is 27.4 Å². The Hall–Kier alpha value is -2.62. The van der Waals surface area contributed by atoms with Crippen LogP contribution in [0.3, 0.4) is 0 Å². The average Bonchev–Trinajstić information content (AvgIpc) is 3.11. The van der Waals surface area contributed by atoms with E-state index in [1.807, 2.05) is 30.3 Å². The molecule has 0 aliphatic heterocycles. The molecule has 0 saturated heterocycles. The minimum absolute atomic E-state index is 0. The molecule has 0 spiro atoms. The quantitative estimate of drug-likeness (QED) is 0.522. The van der Waals surface area contributed by atoms with E-state index >= 15 is 0 Å². The summed E-state index contributed by atoms with van der Waals surface area (Å²) >= 11 is 6.05. The molecule has 3 N–H and O–H groups in total. The average molecular weight is 471 g/mol. The Morgan fingerprint density at radius 1 is 1.28 bits per heavy atom. The Kier molecular flexibility index (Phi) is 7.92. The fourth-order valence-corrected chi connectivity index (χ4v) is 3.14. The van der Waals surface area contributed by atoms with Gasteiger partial charge in [-0.3, -0.25) is 9.20 Å². The van der Waals surface area contributed by atoms with Gasteiger partial charge in [0.25, 0.3) is 0 Å². The number of pyridine rings is 1. The van der Waals surface area contributed by atoms with E-state index in [1.54, 1.807) is 0 Å². The van der Waals surface area contributed by atoms with Crippen LogP contribution in [0.15, 0.2) is 48.8 Å². The molecule has 2 heterocycles. The van der Waals surface area contributed by atoms with Gasteiger partial charge < -0.3 is 15.8 Å². The van der Waals surface area contributed by atoms with E-state index in [0.717, 1.165) is 17.8 Å². The van der Waals surface area contributed by atoms with E-state index in [2.05, 4.69) is 10.3 Å². The van der Waals surface area contributed by atoms with Gasteiger partial charge in [0, 0.05) is 6.20 Å². The lowest BCUT2D eigenvalue weighted by Gasteiger charge is -2.24. The predicted octanol–water partition coefficient (Wildman–Crippen LogP) is 4.75. The molecule has 0 bridgehead atoms. The highest BCUT2D eigenvalue weighted by atomic mass is 35.5. The lowest BCUT2D eigenvalue weighted by Crippen LogP contribution is -2.50. The first-order valence-corrected chi connectivity index (χ1v) is 9.80. The number of nitrogens with two attached hydrogens (primary N) is 1. The number of fused-ring (bicyclic) bond motifs is 1. The van der Waals surface area contributed by atoms with Crippen LogP contribution in [0.25, 0.3) is 5.52 Å². The number of amides is 1. The molecular formula is C22H26ClF3N4O2. The van der Waals surface area contributed by atoms with Crippen LogP contribution in [0.2, 0.25) is 5.02 Å². The van der Waals surface area contributed by atoms with E-state index in [1.165, 1.54) is 24.4 Å². The highest BCUT2D eigenvalue weighted by Gasteiger charge is 2.33. The van der Waals surface area contributed by atoms with Crippen molar-refractivity contribution in [1.29, 1.82) is 0 Å². The lowest BCUT2D eigenvalue weighted by atomic mass is 10.1. The summed E-state index contributed by atoms with van der Waals surface area (Å²) < 4.78 is 46.8. The van der Waals surface area contributed by atoms with Crippen LogP contribution in [0.5, 0.6) is 0 Å². The number of halogens is 4. The number of alkyl halides is 3. The van der Waals surface area contributed by atoms with Crippen molar-refractivity contribution < 1.29 is 22.7 Å². The highest BCUT2D eigenvalue weighted by molar-refractivity contribution is 6.33. The molecule has 3 rings (SSSR count). The number of aromatic nitrogens is 2. The standard InChI is InChI=1S/C21H22ClF3N4O2.CH4/c1-20(2,26)19(30)28-16(12-31-11-13-6-4-3-5-7-13)18-27-9-17-15(22)8-14(10-29(17)18)21(23,24)25;/h3-10,16H,11-12,26H2,1-2H3,(H,28,30);1H4/t16-;/m0./s1. The maximum absolute atomic E-state index is 13.3. The molecule has 3 aromatic rings. The number of rotatable bonds is 7. The first-order valence-electron chi connectivity index (χ1n) is 9.42. The monoisotopic (exact) mass is 470 g/mol. The molecule has 6 nitrogen and oxygen atoms in total. The summed E-state index contributed by atoms with van der Waals surface area (Å²) in [5, 5.41) is 2.61. The SMILES string of the molecule is C.CC(C)(N)C(=O)N[C@@H](COCc1ccccc1)c1ncc2c(Cl)cc(C(F)(F)F)cn12. The predicted molar refractivity (Wildman–Crippen MR) is 117 cm³/mol. The third-order valence-electron chi connectivity index (χ3n) is 4.55. The van der Waals surface area contributed by atoms with Gasteiger partial charge in [0.2, 0.25) is 5.91 Å². The Labute approximate surface area is 189 Å². The van der Waals surface area contributed by atoms with Crippen molar-refractivity contribution in [3.8, 4) is 0 Å². The summed E-state index contributed by atoms with van der Waals surface area (Å²) in [7, 11) is 0. The summed E-state index contributed by atoms with van der Waals surface area (Å²) in [5.41, 5.74) is 4.91. The van der Waals surface area contributed by atoms with Crippen LogP contribution < -0.4 is 11.1 Å². The fraction of sp³-hybridized carbons (Fsp3) is 0.364. The Morgan fingerprint density at radius 2 is 1.94 bits per heavy atom. The maximum atomic E-state index is 13.3. The van der Waals surface area contributed by atoms with Crippen LogP contribution in [-0.2, 0) is 22.3 Å². The molecule has 0 radical (unpaired) electrons. The zero-order valence-corrected chi connectivity index (χ0v) is 17.7. The number of benzene rings is 1. The van der Waals surface area contributed by atoms with Gasteiger partial charge in [-0.05, 0) is 25.5 Å². The van der Waals surface area contributed by atoms with Crippen molar-refractivity contribution in [2.75, 3.05) is 6.61 Å². The summed E-state index contributed by atoms with van der Waals surface area (Å²) in [6.45, 7) is 3.25. The minimum atomic E-state index is -4.60. The topological polar surface area (TPSA) is 81.7 Å².